The van der Waals surface area contributed by atoms with Crippen LogP contribution in [-0.4, -0.2) is 30.0 Å². The van der Waals surface area contributed by atoms with Gasteiger partial charge in [0.1, 0.15) is 4.75 Å². The predicted molar refractivity (Wildman–Crippen MR) is 89.8 cm³/mol. The van der Waals surface area contributed by atoms with Gasteiger partial charge in [0.25, 0.3) is 0 Å². The number of aliphatic hydroxyl groups excluding tert-OH is 1. The average Bonchev–Trinajstić information content (AvgIpc) is 2.60. The van der Waals surface area contributed by atoms with E-state index in [9.17, 15) is 9.90 Å². The van der Waals surface area contributed by atoms with Gasteiger partial charge in [-0.1, -0.05) is 67.6 Å². The molecule has 2 aromatic carbocycles. The van der Waals surface area contributed by atoms with Crippen molar-refractivity contribution in [2.75, 3.05) is 12.9 Å². The normalized spacial score (nSPS) is 12.7. The Bertz CT molecular complexity index is 559. The fraction of sp³-hybridized carbons (Fsp3) is 0.278. The molecule has 0 saturated heterocycles. The van der Waals surface area contributed by atoms with Crippen LogP contribution in [0.3, 0.4) is 0 Å². The highest BCUT2D eigenvalue weighted by molar-refractivity contribution is 8.00. The van der Waals surface area contributed by atoms with Crippen molar-refractivity contribution in [2.24, 2.45) is 0 Å². The number of esters is 1. The third-order valence-corrected chi connectivity index (χ3v) is 5.03. The van der Waals surface area contributed by atoms with E-state index in [2.05, 4.69) is 0 Å². The summed E-state index contributed by atoms with van der Waals surface area (Å²) in [6.45, 7) is 2.01. The SMILES string of the molecule is CCSC(c1ccccc1)(c1ccccc1)[C@H](O)C(=O)OC. The van der Waals surface area contributed by atoms with E-state index in [0.29, 0.717) is 0 Å². The van der Waals surface area contributed by atoms with Crippen molar-refractivity contribution in [1.82, 2.24) is 0 Å². The molecule has 0 unspecified atom stereocenters. The molecule has 0 aliphatic carbocycles. The number of ether oxygens (including phenoxy) is 1. The lowest BCUT2D eigenvalue weighted by Crippen LogP contribution is -2.44. The summed E-state index contributed by atoms with van der Waals surface area (Å²) in [6.07, 6.45) is -1.28. The van der Waals surface area contributed by atoms with Crippen LogP contribution in [0, 0.1) is 0 Å². The minimum Gasteiger partial charge on any atom is -0.467 e. The molecule has 0 spiro atoms. The van der Waals surface area contributed by atoms with E-state index in [1.54, 1.807) is 0 Å². The van der Waals surface area contributed by atoms with Crippen LogP contribution in [0.15, 0.2) is 60.7 Å². The molecule has 2 rings (SSSR count). The van der Waals surface area contributed by atoms with Gasteiger partial charge in [0.2, 0.25) is 0 Å². The third kappa shape index (κ3) is 3.03. The first-order valence-electron chi connectivity index (χ1n) is 7.17. The monoisotopic (exact) mass is 316 g/mol. The summed E-state index contributed by atoms with van der Waals surface area (Å²) >= 11 is 1.53. The molecule has 3 nitrogen and oxygen atoms in total. The molecule has 0 aliphatic rings. The molecule has 0 bridgehead atoms. The summed E-state index contributed by atoms with van der Waals surface area (Å²) in [5.41, 5.74) is 1.76. The standard InChI is InChI=1S/C18H20O3S/c1-3-22-18(16(19)17(20)21-2,14-10-6-4-7-11-14)15-12-8-5-9-13-15/h4-13,16,19H,3H2,1-2H3/t16-/m1/s1. The molecule has 0 amide bonds. The van der Waals surface area contributed by atoms with Crippen molar-refractivity contribution in [3.8, 4) is 0 Å². The fourth-order valence-electron chi connectivity index (χ4n) is 2.60. The van der Waals surface area contributed by atoms with Gasteiger partial charge < -0.3 is 9.84 Å². The van der Waals surface area contributed by atoms with E-state index >= 15 is 0 Å². The second kappa shape index (κ2) is 7.47. The zero-order valence-electron chi connectivity index (χ0n) is 12.7. The summed E-state index contributed by atoms with van der Waals surface area (Å²) < 4.78 is 3.92. The number of aliphatic hydroxyl groups is 1. The molecule has 0 aromatic heterocycles. The Kier molecular flexibility index (Phi) is 5.63. The van der Waals surface area contributed by atoms with Crippen LogP contribution < -0.4 is 0 Å². The summed E-state index contributed by atoms with van der Waals surface area (Å²) in [5, 5.41) is 10.8. The lowest BCUT2D eigenvalue weighted by Gasteiger charge is -2.37. The second-order valence-electron chi connectivity index (χ2n) is 4.83. The van der Waals surface area contributed by atoms with Crippen molar-refractivity contribution >= 4 is 17.7 Å². The van der Waals surface area contributed by atoms with E-state index in [4.69, 9.17) is 4.74 Å². The minimum absolute atomic E-state index is 0.631. The van der Waals surface area contributed by atoms with Gasteiger partial charge in [0.05, 0.1) is 7.11 Å². The molecule has 0 heterocycles. The van der Waals surface area contributed by atoms with Gasteiger partial charge in [-0.05, 0) is 16.9 Å². The molecule has 0 saturated carbocycles. The molecule has 0 fully saturated rings. The summed E-state index contributed by atoms with van der Waals surface area (Å²) in [5.74, 6) is 0.117. The smallest absolute Gasteiger partial charge is 0.336 e. The number of thioether (sulfide) groups is 1. The molecular weight excluding hydrogens is 296 g/mol. The maximum Gasteiger partial charge on any atom is 0.336 e. The quantitative estimate of drug-likeness (QED) is 0.831. The van der Waals surface area contributed by atoms with E-state index in [-0.39, 0.29) is 0 Å². The van der Waals surface area contributed by atoms with Crippen molar-refractivity contribution in [2.45, 2.75) is 17.8 Å². The molecule has 0 radical (unpaired) electrons. The van der Waals surface area contributed by atoms with Gasteiger partial charge in [-0.15, -0.1) is 11.8 Å². The van der Waals surface area contributed by atoms with Crippen LogP contribution in [-0.2, 0) is 14.3 Å². The van der Waals surface area contributed by atoms with Crippen LogP contribution in [0.2, 0.25) is 0 Å². The van der Waals surface area contributed by atoms with Crippen LogP contribution >= 0.6 is 11.8 Å². The van der Waals surface area contributed by atoms with Gasteiger partial charge >= 0.3 is 5.97 Å². The largest absolute Gasteiger partial charge is 0.467 e. The van der Waals surface area contributed by atoms with E-state index in [0.717, 1.165) is 16.9 Å². The lowest BCUT2D eigenvalue weighted by atomic mass is 9.85. The Balaban J connectivity index is 2.67. The molecule has 1 atom stereocenters. The van der Waals surface area contributed by atoms with Gasteiger partial charge in [-0.25, -0.2) is 4.79 Å². The van der Waals surface area contributed by atoms with Gasteiger partial charge in [-0.2, -0.15) is 0 Å². The van der Waals surface area contributed by atoms with Crippen molar-refractivity contribution in [1.29, 1.82) is 0 Å². The Morgan fingerprint density at radius 3 is 1.91 bits per heavy atom. The first-order chi connectivity index (χ1) is 10.7. The minimum atomic E-state index is -1.28. The van der Waals surface area contributed by atoms with E-state index in [1.807, 2.05) is 67.6 Å². The maximum absolute atomic E-state index is 12.1. The van der Waals surface area contributed by atoms with E-state index in [1.165, 1.54) is 18.9 Å². The number of hydrogen-bond donors (Lipinski definition) is 1. The highest BCUT2D eigenvalue weighted by atomic mass is 32.2. The molecule has 2 aromatic rings. The first-order valence-corrected chi connectivity index (χ1v) is 8.16. The first kappa shape index (κ1) is 16.6. The van der Waals surface area contributed by atoms with Gasteiger partial charge in [0, 0.05) is 0 Å². The van der Waals surface area contributed by atoms with Crippen LogP contribution in [0.1, 0.15) is 18.1 Å². The van der Waals surface area contributed by atoms with Crippen LogP contribution in [0.25, 0.3) is 0 Å². The number of carbonyl (C=O) groups excluding carboxylic acids is 1. The Morgan fingerprint density at radius 1 is 1.09 bits per heavy atom. The summed E-state index contributed by atoms with van der Waals surface area (Å²) in [4.78, 5) is 12.1. The molecule has 4 heteroatoms. The zero-order valence-corrected chi connectivity index (χ0v) is 13.5. The predicted octanol–water partition coefficient (Wildman–Crippen LogP) is 3.22. The number of methoxy groups -OCH3 is 1. The highest BCUT2D eigenvalue weighted by Crippen LogP contribution is 2.46. The fourth-order valence-corrected chi connectivity index (χ4v) is 3.92. The van der Waals surface area contributed by atoms with Crippen molar-refractivity contribution < 1.29 is 14.6 Å². The molecule has 116 valence electrons. The topological polar surface area (TPSA) is 46.5 Å². The summed E-state index contributed by atoms with van der Waals surface area (Å²) in [7, 11) is 1.29. The van der Waals surface area contributed by atoms with Gasteiger partial charge in [0.15, 0.2) is 6.10 Å². The Morgan fingerprint density at radius 2 is 1.55 bits per heavy atom. The highest BCUT2D eigenvalue weighted by Gasteiger charge is 2.46. The van der Waals surface area contributed by atoms with Crippen LogP contribution in [0.5, 0.6) is 0 Å². The number of carbonyl (C=O) groups is 1. The number of benzene rings is 2. The molecule has 1 N–H and O–H groups in total. The second-order valence-corrected chi connectivity index (χ2v) is 6.34. The maximum atomic E-state index is 12.1. The number of hydrogen-bond acceptors (Lipinski definition) is 4. The zero-order chi connectivity index (χ0) is 16.0. The number of rotatable bonds is 6. The molecule has 22 heavy (non-hydrogen) atoms. The molecular formula is C18H20O3S. The van der Waals surface area contributed by atoms with E-state index < -0.39 is 16.8 Å². The average molecular weight is 316 g/mol. The third-order valence-electron chi connectivity index (χ3n) is 3.59. The lowest BCUT2D eigenvalue weighted by molar-refractivity contribution is -0.151. The Labute approximate surface area is 135 Å². The van der Waals surface area contributed by atoms with Gasteiger partial charge in [-0.3, -0.25) is 0 Å². The van der Waals surface area contributed by atoms with Crippen LogP contribution in [0.4, 0.5) is 0 Å². The molecule has 0 aliphatic heterocycles. The Hall–Kier alpha value is -1.78. The van der Waals surface area contributed by atoms with Crippen molar-refractivity contribution in [3.05, 3.63) is 71.8 Å². The summed E-state index contributed by atoms with van der Waals surface area (Å²) in [6, 6.07) is 19.2. The van der Waals surface area contributed by atoms with Crippen molar-refractivity contribution in [3.63, 3.8) is 0 Å².